The first-order chi connectivity index (χ1) is 18.1. The Labute approximate surface area is 226 Å². The lowest BCUT2D eigenvalue weighted by molar-refractivity contribution is 0.265. The number of hydrogen-bond acceptors (Lipinski definition) is 5. The molecule has 204 valence electrons. The molecule has 2 aromatic carbocycles. The molecule has 0 saturated heterocycles. The first kappa shape index (κ1) is 28.3. The average Bonchev–Trinajstić information content (AvgIpc) is 3.27. The minimum atomic E-state index is -0.649. The highest BCUT2D eigenvalue weighted by Gasteiger charge is 2.32. The molecule has 0 spiro atoms. The van der Waals surface area contributed by atoms with Gasteiger partial charge < -0.3 is 14.5 Å². The first-order valence-electron chi connectivity index (χ1n) is 12.6. The third-order valence-corrected chi connectivity index (χ3v) is 8.32. The molecule has 1 aromatic heterocycles. The van der Waals surface area contributed by atoms with Gasteiger partial charge in [0, 0.05) is 29.8 Å². The van der Waals surface area contributed by atoms with E-state index >= 15 is 4.39 Å². The molecule has 0 fully saturated rings. The third-order valence-electron chi connectivity index (χ3n) is 7.05. The highest BCUT2D eigenvalue weighted by Crippen LogP contribution is 2.41. The predicted molar refractivity (Wildman–Crippen MR) is 147 cm³/mol. The van der Waals surface area contributed by atoms with Gasteiger partial charge in [0.2, 0.25) is 0 Å². The van der Waals surface area contributed by atoms with Crippen LogP contribution < -0.4 is 10.3 Å². The van der Waals surface area contributed by atoms with E-state index in [1.165, 1.54) is 43.1 Å². The minimum absolute atomic E-state index is 0.0278. The van der Waals surface area contributed by atoms with Gasteiger partial charge in [0.05, 0.1) is 23.7 Å². The Morgan fingerprint density at radius 3 is 2.37 bits per heavy atom. The van der Waals surface area contributed by atoms with Gasteiger partial charge in [-0.25, -0.2) is 13.2 Å². The fourth-order valence-corrected chi connectivity index (χ4v) is 6.45. The Morgan fingerprint density at radius 1 is 1.03 bits per heavy atom. The summed E-state index contributed by atoms with van der Waals surface area (Å²) >= 11 is 1.51. The molecule has 1 unspecified atom stereocenters. The second kappa shape index (κ2) is 12.0. The molecular formula is C29H34F3N3O2S. The Hall–Kier alpha value is -2.75. The molecule has 3 aromatic rings. The summed E-state index contributed by atoms with van der Waals surface area (Å²) in [6, 6.07) is 8.30. The SMILES string of the molecule is COc1cccc(-c2c(C)c(Cc3c(F)cccc3F)c3n(c2=O)C(CN(C)CCCN(C)C)CS3)c1F. The zero-order valence-corrected chi connectivity index (χ0v) is 23.3. The van der Waals surface area contributed by atoms with Crippen LogP contribution in [0.2, 0.25) is 0 Å². The molecule has 0 amide bonds. The summed E-state index contributed by atoms with van der Waals surface area (Å²) in [6.07, 6.45) is 0.939. The van der Waals surface area contributed by atoms with Gasteiger partial charge in [0.1, 0.15) is 11.6 Å². The fourth-order valence-electron chi connectivity index (χ4n) is 5.07. The number of pyridine rings is 1. The van der Waals surface area contributed by atoms with Crippen molar-refractivity contribution in [2.75, 3.05) is 53.6 Å². The lowest BCUT2D eigenvalue weighted by Gasteiger charge is -2.25. The molecule has 0 aliphatic carbocycles. The molecule has 4 rings (SSSR count). The number of halogens is 3. The van der Waals surface area contributed by atoms with Gasteiger partial charge in [0.15, 0.2) is 11.6 Å². The fraction of sp³-hybridized carbons (Fsp3) is 0.414. The van der Waals surface area contributed by atoms with Gasteiger partial charge in [-0.15, -0.1) is 11.8 Å². The Morgan fingerprint density at radius 2 is 1.71 bits per heavy atom. The van der Waals surface area contributed by atoms with Crippen molar-refractivity contribution >= 4 is 11.8 Å². The van der Waals surface area contributed by atoms with Crippen molar-refractivity contribution in [3.8, 4) is 16.9 Å². The lowest BCUT2D eigenvalue weighted by Crippen LogP contribution is -2.35. The number of fused-ring (bicyclic) bond motifs is 1. The summed E-state index contributed by atoms with van der Waals surface area (Å²) < 4.78 is 51.8. The molecule has 9 heteroatoms. The Balaban J connectivity index is 1.85. The van der Waals surface area contributed by atoms with Crippen molar-refractivity contribution in [1.82, 2.24) is 14.4 Å². The number of nitrogens with zero attached hydrogens (tertiary/aromatic N) is 3. The van der Waals surface area contributed by atoms with Gasteiger partial charge >= 0.3 is 0 Å². The van der Waals surface area contributed by atoms with Crippen LogP contribution in [0.3, 0.4) is 0 Å². The summed E-state index contributed by atoms with van der Waals surface area (Å²) in [5.41, 5.74) is 1.09. The van der Waals surface area contributed by atoms with E-state index in [4.69, 9.17) is 4.74 Å². The number of likely N-dealkylation sites (N-methyl/N-ethyl adjacent to an activating group) is 1. The van der Waals surface area contributed by atoms with Crippen molar-refractivity contribution < 1.29 is 17.9 Å². The molecule has 2 heterocycles. The van der Waals surface area contributed by atoms with Gasteiger partial charge in [-0.3, -0.25) is 9.36 Å². The number of benzene rings is 2. The highest BCUT2D eigenvalue weighted by molar-refractivity contribution is 7.99. The van der Waals surface area contributed by atoms with Crippen LogP contribution in [0.5, 0.6) is 5.75 Å². The summed E-state index contributed by atoms with van der Waals surface area (Å²) in [5, 5.41) is 0.689. The molecule has 38 heavy (non-hydrogen) atoms. The molecule has 1 aliphatic rings. The van der Waals surface area contributed by atoms with Crippen LogP contribution in [0.4, 0.5) is 13.2 Å². The van der Waals surface area contributed by atoms with E-state index in [1.54, 1.807) is 23.6 Å². The van der Waals surface area contributed by atoms with E-state index in [9.17, 15) is 13.6 Å². The monoisotopic (exact) mass is 545 g/mol. The third kappa shape index (κ3) is 5.65. The average molecular weight is 546 g/mol. The van der Waals surface area contributed by atoms with Gasteiger partial charge in [-0.2, -0.15) is 0 Å². The van der Waals surface area contributed by atoms with E-state index in [1.807, 2.05) is 21.1 Å². The molecule has 0 bridgehead atoms. The topological polar surface area (TPSA) is 37.7 Å². The molecule has 1 aliphatic heterocycles. The first-order valence-corrected chi connectivity index (χ1v) is 13.6. The summed E-state index contributed by atoms with van der Waals surface area (Å²) in [6.45, 7) is 4.17. The second-order valence-electron chi connectivity index (χ2n) is 10.0. The maximum Gasteiger partial charge on any atom is 0.260 e. The second-order valence-corrected chi connectivity index (χ2v) is 11.1. The normalized spacial score (nSPS) is 14.9. The van der Waals surface area contributed by atoms with Crippen LogP contribution in [0, 0.1) is 24.4 Å². The lowest BCUT2D eigenvalue weighted by atomic mass is 9.94. The van der Waals surface area contributed by atoms with Crippen molar-refractivity contribution in [2.45, 2.75) is 30.8 Å². The Bertz CT molecular complexity index is 1360. The van der Waals surface area contributed by atoms with Crippen LogP contribution in [-0.2, 0) is 6.42 Å². The molecule has 0 radical (unpaired) electrons. The largest absolute Gasteiger partial charge is 0.494 e. The van der Waals surface area contributed by atoms with Crippen molar-refractivity contribution in [2.24, 2.45) is 0 Å². The van der Waals surface area contributed by atoms with Gasteiger partial charge in [-0.1, -0.05) is 18.2 Å². The predicted octanol–water partition coefficient (Wildman–Crippen LogP) is 5.37. The van der Waals surface area contributed by atoms with E-state index in [0.29, 0.717) is 28.5 Å². The zero-order chi connectivity index (χ0) is 27.6. The van der Waals surface area contributed by atoms with E-state index in [0.717, 1.165) is 19.5 Å². The summed E-state index contributed by atoms with van der Waals surface area (Å²) in [4.78, 5) is 18.4. The summed E-state index contributed by atoms with van der Waals surface area (Å²) in [7, 11) is 7.46. The number of thioether (sulfide) groups is 1. The van der Waals surface area contributed by atoms with E-state index in [2.05, 4.69) is 9.80 Å². The Kier molecular flexibility index (Phi) is 8.90. The quantitative estimate of drug-likeness (QED) is 0.343. The van der Waals surface area contributed by atoms with Crippen LogP contribution in [0.1, 0.15) is 29.2 Å². The van der Waals surface area contributed by atoms with Crippen LogP contribution in [0.25, 0.3) is 11.1 Å². The molecular weight excluding hydrogens is 511 g/mol. The summed E-state index contributed by atoms with van der Waals surface area (Å²) in [5.74, 6) is -1.27. The molecule has 1 atom stereocenters. The zero-order valence-electron chi connectivity index (χ0n) is 22.5. The van der Waals surface area contributed by atoms with Crippen LogP contribution in [-0.4, -0.2) is 68.0 Å². The highest BCUT2D eigenvalue weighted by atomic mass is 32.2. The van der Waals surface area contributed by atoms with E-state index < -0.39 is 17.5 Å². The molecule has 0 saturated carbocycles. The van der Waals surface area contributed by atoms with Gasteiger partial charge in [-0.05, 0) is 76.9 Å². The number of hydrogen-bond donors (Lipinski definition) is 0. The standard InChI is InChI=1S/C29H34F3N3O2S/c1-18-21(15-22-23(30)10-7-11-24(22)31)29-35(19(17-38-29)16-34(4)14-8-13-33(2)3)28(36)26(18)20-9-6-12-25(37-5)27(20)32/h6-7,9-12,19H,8,13-17H2,1-5H3. The smallest absolute Gasteiger partial charge is 0.260 e. The van der Waals surface area contributed by atoms with Crippen molar-refractivity contribution in [3.05, 3.63) is 80.9 Å². The van der Waals surface area contributed by atoms with Crippen LogP contribution >= 0.6 is 11.8 Å². The number of aromatic nitrogens is 1. The van der Waals surface area contributed by atoms with Crippen LogP contribution in [0.15, 0.2) is 46.2 Å². The molecule has 5 nitrogen and oxygen atoms in total. The van der Waals surface area contributed by atoms with Crippen molar-refractivity contribution in [1.29, 1.82) is 0 Å². The van der Waals surface area contributed by atoms with Crippen molar-refractivity contribution in [3.63, 3.8) is 0 Å². The maximum absolute atomic E-state index is 15.5. The van der Waals surface area contributed by atoms with E-state index in [-0.39, 0.29) is 40.5 Å². The number of rotatable bonds is 10. The number of ether oxygens (including phenoxy) is 1. The maximum atomic E-state index is 15.5. The minimum Gasteiger partial charge on any atom is -0.494 e. The van der Waals surface area contributed by atoms with Gasteiger partial charge in [0.25, 0.3) is 5.56 Å². The number of methoxy groups -OCH3 is 1. The molecule has 0 N–H and O–H groups in total.